The van der Waals surface area contributed by atoms with E-state index < -0.39 is 18.0 Å². The number of benzene rings is 1. The standard InChI is InChI=1S/C9H11ClFNO2/c1-9(12,4-13)6-2-5(11)3-7(10)8(6)14/h2-3,13-14H,4,12H2,1H3/t9-/m1/s1. The van der Waals surface area contributed by atoms with E-state index in [4.69, 9.17) is 22.4 Å². The second-order valence-corrected chi connectivity index (χ2v) is 3.77. The number of aromatic hydroxyl groups is 1. The zero-order valence-corrected chi connectivity index (χ0v) is 8.35. The highest BCUT2D eigenvalue weighted by Gasteiger charge is 2.25. The molecular weight excluding hydrogens is 209 g/mol. The normalized spacial score (nSPS) is 15.2. The third-order valence-corrected chi connectivity index (χ3v) is 2.26. The van der Waals surface area contributed by atoms with Crippen LogP contribution in [0.2, 0.25) is 5.02 Å². The van der Waals surface area contributed by atoms with Gasteiger partial charge in [0, 0.05) is 5.56 Å². The summed E-state index contributed by atoms with van der Waals surface area (Å²) in [5.74, 6) is -0.903. The van der Waals surface area contributed by atoms with Crippen LogP contribution in [0.1, 0.15) is 12.5 Å². The summed E-state index contributed by atoms with van der Waals surface area (Å²) < 4.78 is 12.9. The van der Waals surface area contributed by atoms with Crippen molar-refractivity contribution in [3.8, 4) is 5.75 Å². The van der Waals surface area contributed by atoms with Gasteiger partial charge in [-0.1, -0.05) is 11.6 Å². The van der Waals surface area contributed by atoms with Gasteiger partial charge in [-0.2, -0.15) is 0 Å². The second kappa shape index (κ2) is 3.73. The molecule has 0 saturated carbocycles. The van der Waals surface area contributed by atoms with E-state index in [1.807, 2.05) is 0 Å². The zero-order chi connectivity index (χ0) is 10.9. The Kier molecular flexibility index (Phi) is 2.99. The Labute approximate surface area is 85.9 Å². The lowest BCUT2D eigenvalue weighted by molar-refractivity contribution is 0.206. The Hall–Kier alpha value is -0.840. The van der Waals surface area contributed by atoms with Crippen molar-refractivity contribution in [3.05, 3.63) is 28.5 Å². The van der Waals surface area contributed by atoms with E-state index in [2.05, 4.69) is 0 Å². The van der Waals surface area contributed by atoms with Crippen molar-refractivity contribution in [1.29, 1.82) is 0 Å². The highest BCUT2D eigenvalue weighted by molar-refractivity contribution is 6.32. The summed E-state index contributed by atoms with van der Waals surface area (Å²) in [6.07, 6.45) is 0. The van der Waals surface area contributed by atoms with Crippen LogP contribution in [-0.4, -0.2) is 16.8 Å². The monoisotopic (exact) mass is 219 g/mol. The van der Waals surface area contributed by atoms with Crippen molar-refractivity contribution in [2.45, 2.75) is 12.5 Å². The molecule has 4 N–H and O–H groups in total. The van der Waals surface area contributed by atoms with Gasteiger partial charge in [0.2, 0.25) is 0 Å². The molecular formula is C9H11ClFNO2. The molecule has 0 radical (unpaired) electrons. The van der Waals surface area contributed by atoms with Gasteiger partial charge in [0.05, 0.1) is 17.2 Å². The molecule has 0 saturated heterocycles. The lowest BCUT2D eigenvalue weighted by Crippen LogP contribution is -2.37. The highest BCUT2D eigenvalue weighted by Crippen LogP contribution is 2.34. The van der Waals surface area contributed by atoms with E-state index in [1.54, 1.807) is 0 Å². The van der Waals surface area contributed by atoms with Crippen LogP contribution in [0.5, 0.6) is 5.75 Å². The first-order valence-corrected chi connectivity index (χ1v) is 4.34. The van der Waals surface area contributed by atoms with Gasteiger partial charge >= 0.3 is 0 Å². The fraction of sp³-hybridized carbons (Fsp3) is 0.333. The maximum atomic E-state index is 12.9. The minimum atomic E-state index is -1.21. The second-order valence-electron chi connectivity index (χ2n) is 3.36. The number of halogens is 2. The van der Waals surface area contributed by atoms with E-state index in [-0.39, 0.29) is 16.3 Å². The van der Waals surface area contributed by atoms with Crippen LogP contribution in [0.3, 0.4) is 0 Å². The van der Waals surface area contributed by atoms with Crippen molar-refractivity contribution < 1.29 is 14.6 Å². The Balaban J connectivity index is 3.34. The van der Waals surface area contributed by atoms with E-state index in [1.165, 1.54) is 6.92 Å². The fourth-order valence-electron chi connectivity index (χ4n) is 1.09. The predicted molar refractivity (Wildman–Crippen MR) is 51.7 cm³/mol. The molecule has 5 heteroatoms. The minimum absolute atomic E-state index is 0.0880. The zero-order valence-electron chi connectivity index (χ0n) is 7.59. The molecule has 3 nitrogen and oxygen atoms in total. The summed E-state index contributed by atoms with van der Waals surface area (Å²) in [7, 11) is 0. The molecule has 1 atom stereocenters. The Bertz CT molecular complexity index is 355. The van der Waals surface area contributed by atoms with Crippen molar-refractivity contribution in [2.24, 2.45) is 5.73 Å². The SMILES string of the molecule is C[C@@](N)(CO)c1cc(F)cc(Cl)c1O. The van der Waals surface area contributed by atoms with Crippen molar-refractivity contribution in [1.82, 2.24) is 0 Å². The summed E-state index contributed by atoms with van der Waals surface area (Å²) in [5, 5.41) is 18.3. The van der Waals surface area contributed by atoms with Gasteiger partial charge in [0.25, 0.3) is 0 Å². The molecule has 0 aliphatic heterocycles. The number of aliphatic hydroxyl groups excluding tert-OH is 1. The van der Waals surface area contributed by atoms with Crippen LogP contribution in [0.15, 0.2) is 12.1 Å². The number of nitrogens with two attached hydrogens (primary N) is 1. The van der Waals surface area contributed by atoms with Crippen molar-refractivity contribution in [2.75, 3.05) is 6.61 Å². The molecule has 1 aromatic carbocycles. The van der Waals surface area contributed by atoms with Gasteiger partial charge in [-0.05, 0) is 19.1 Å². The van der Waals surface area contributed by atoms with Crippen molar-refractivity contribution >= 4 is 11.6 Å². The van der Waals surface area contributed by atoms with E-state index in [9.17, 15) is 9.50 Å². The van der Waals surface area contributed by atoms with Crippen LogP contribution in [-0.2, 0) is 5.54 Å². The summed E-state index contributed by atoms with van der Waals surface area (Å²) in [5.41, 5.74) is 4.52. The highest BCUT2D eigenvalue weighted by atomic mass is 35.5. The Morgan fingerprint density at radius 1 is 1.57 bits per heavy atom. The predicted octanol–water partition coefficient (Wildman–Crippen LogP) is 1.35. The number of phenolic OH excluding ortho intramolecular Hbond substituents is 1. The van der Waals surface area contributed by atoms with Gasteiger partial charge in [0.1, 0.15) is 11.6 Å². The Morgan fingerprint density at radius 2 is 2.14 bits per heavy atom. The molecule has 0 aromatic heterocycles. The molecule has 0 unspecified atom stereocenters. The maximum Gasteiger partial charge on any atom is 0.139 e. The number of rotatable bonds is 2. The average molecular weight is 220 g/mol. The number of phenols is 1. The van der Waals surface area contributed by atoms with Gasteiger partial charge in [0.15, 0.2) is 0 Å². The molecule has 0 amide bonds. The summed E-state index contributed by atoms with van der Waals surface area (Å²) >= 11 is 5.55. The smallest absolute Gasteiger partial charge is 0.139 e. The van der Waals surface area contributed by atoms with Gasteiger partial charge in [-0.15, -0.1) is 0 Å². The first-order valence-electron chi connectivity index (χ1n) is 3.96. The van der Waals surface area contributed by atoms with Gasteiger partial charge in [-0.3, -0.25) is 0 Å². The molecule has 0 aliphatic rings. The van der Waals surface area contributed by atoms with E-state index in [0.29, 0.717) is 0 Å². The molecule has 1 rings (SSSR count). The van der Waals surface area contributed by atoms with Crippen LogP contribution in [0.25, 0.3) is 0 Å². The molecule has 1 aromatic rings. The molecule has 78 valence electrons. The molecule has 0 bridgehead atoms. The first kappa shape index (κ1) is 11.2. The lowest BCUT2D eigenvalue weighted by atomic mass is 9.93. The largest absolute Gasteiger partial charge is 0.506 e. The third kappa shape index (κ3) is 1.97. The summed E-state index contributed by atoms with van der Waals surface area (Å²) in [4.78, 5) is 0. The van der Waals surface area contributed by atoms with Crippen molar-refractivity contribution in [3.63, 3.8) is 0 Å². The molecule has 14 heavy (non-hydrogen) atoms. The fourth-order valence-corrected chi connectivity index (χ4v) is 1.29. The maximum absolute atomic E-state index is 12.9. The first-order chi connectivity index (χ1) is 6.38. The summed E-state index contributed by atoms with van der Waals surface area (Å²) in [6, 6.07) is 2.03. The molecule has 0 fully saturated rings. The van der Waals surface area contributed by atoms with Crippen LogP contribution in [0.4, 0.5) is 4.39 Å². The van der Waals surface area contributed by atoms with Crippen LogP contribution < -0.4 is 5.73 Å². The average Bonchev–Trinajstić information content (AvgIpc) is 2.11. The quantitative estimate of drug-likeness (QED) is 0.704. The molecule has 0 aliphatic carbocycles. The van der Waals surface area contributed by atoms with Gasteiger partial charge in [-0.25, -0.2) is 4.39 Å². The molecule has 0 heterocycles. The minimum Gasteiger partial charge on any atom is -0.506 e. The third-order valence-electron chi connectivity index (χ3n) is 1.97. The topological polar surface area (TPSA) is 66.5 Å². The number of hydrogen-bond donors (Lipinski definition) is 3. The van der Waals surface area contributed by atoms with E-state index >= 15 is 0 Å². The molecule has 0 spiro atoms. The summed E-state index contributed by atoms with van der Waals surface area (Å²) in [6.45, 7) is 1.05. The number of aliphatic hydroxyl groups is 1. The van der Waals surface area contributed by atoms with Gasteiger partial charge < -0.3 is 15.9 Å². The van der Waals surface area contributed by atoms with Crippen LogP contribution >= 0.6 is 11.6 Å². The van der Waals surface area contributed by atoms with Crippen LogP contribution in [0, 0.1) is 5.82 Å². The van der Waals surface area contributed by atoms with E-state index in [0.717, 1.165) is 12.1 Å². The number of hydrogen-bond acceptors (Lipinski definition) is 3. The Morgan fingerprint density at radius 3 is 2.64 bits per heavy atom. The lowest BCUT2D eigenvalue weighted by Gasteiger charge is -2.23.